The van der Waals surface area contributed by atoms with Crippen molar-refractivity contribution in [2.24, 2.45) is 11.5 Å². The maximum Gasteiger partial charge on any atom is 0.311 e. The number of hydrogen-bond acceptors (Lipinski definition) is 5. The lowest BCUT2D eigenvalue weighted by molar-refractivity contribution is -0.385. The van der Waals surface area contributed by atoms with Crippen molar-refractivity contribution in [2.45, 2.75) is 19.4 Å². The number of benzene rings is 1. The molecule has 0 aliphatic rings. The van der Waals surface area contributed by atoms with Crippen LogP contribution < -0.4 is 16.2 Å². The summed E-state index contributed by atoms with van der Waals surface area (Å²) in [5.74, 6) is -0.674. The van der Waals surface area contributed by atoms with Gasteiger partial charge in [-0.2, -0.15) is 0 Å². The van der Waals surface area contributed by atoms with Crippen molar-refractivity contribution in [3.8, 4) is 5.75 Å². The molecule has 1 amide bonds. The lowest BCUT2D eigenvalue weighted by Gasteiger charge is -2.18. The Morgan fingerprint density at radius 1 is 1.50 bits per heavy atom. The Kier molecular flexibility index (Phi) is 3.87. The highest BCUT2D eigenvalue weighted by atomic mass is 16.6. The van der Waals surface area contributed by atoms with E-state index in [4.69, 9.17) is 16.2 Å². The predicted octanol–water partition coefficient (Wildman–Crippen LogP) is 0.810. The fourth-order valence-corrected chi connectivity index (χ4v) is 1.20. The van der Waals surface area contributed by atoms with Gasteiger partial charge in [0.05, 0.1) is 4.92 Å². The quantitative estimate of drug-likeness (QED) is 0.594. The Hall–Kier alpha value is -2.15. The van der Waals surface area contributed by atoms with E-state index in [0.717, 1.165) is 6.07 Å². The molecule has 0 fully saturated rings. The van der Waals surface area contributed by atoms with Gasteiger partial charge in [-0.3, -0.25) is 14.9 Å². The van der Waals surface area contributed by atoms with E-state index in [-0.39, 0.29) is 23.6 Å². The van der Waals surface area contributed by atoms with Crippen LogP contribution in [0.3, 0.4) is 0 Å². The molecule has 0 radical (unpaired) electrons. The lowest BCUT2D eigenvalue weighted by Crippen LogP contribution is -2.38. The summed E-state index contributed by atoms with van der Waals surface area (Å²) in [5, 5.41) is 10.9. The smallest absolute Gasteiger partial charge is 0.311 e. The van der Waals surface area contributed by atoms with Crippen LogP contribution in [-0.4, -0.2) is 23.0 Å². The van der Waals surface area contributed by atoms with Crippen LogP contribution in [0.2, 0.25) is 0 Å². The molecule has 98 valence electrons. The summed E-state index contributed by atoms with van der Waals surface area (Å²) in [6, 6.07) is 3.79. The highest BCUT2D eigenvalue weighted by Crippen LogP contribution is 2.28. The molecule has 0 aromatic heterocycles. The number of nitro benzene ring substituents is 1. The standard InChI is InChI=1S/C11H15N3O4/c1-11(2,13)6-18-9-4-3-7(10(12)15)5-8(9)14(16)17/h3-5H,6,13H2,1-2H3,(H2,12,15). The van der Waals surface area contributed by atoms with Crippen LogP contribution >= 0.6 is 0 Å². The van der Waals surface area contributed by atoms with E-state index in [1.54, 1.807) is 13.8 Å². The molecule has 0 bridgehead atoms. The Morgan fingerprint density at radius 2 is 2.11 bits per heavy atom. The van der Waals surface area contributed by atoms with Gasteiger partial charge in [-0.25, -0.2) is 0 Å². The number of amides is 1. The molecule has 7 heteroatoms. The minimum atomic E-state index is -0.733. The number of carbonyl (C=O) groups excluding carboxylic acids is 1. The zero-order chi connectivity index (χ0) is 13.9. The fraction of sp³-hybridized carbons (Fsp3) is 0.364. The molecule has 0 aliphatic heterocycles. The van der Waals surface area contributed by atoms with Crippen molar-refractivity contribution in [3.05, 3.63) is 33.9 Å². The second-order valence-corrected chi connectivity index (χ2v) is 4.58. The number of nitrogens with two attached hydrogens (primary N) is 2. The van der Waals surface area contributed by atoms with Gasteiger partial charge in [0.2, 0.25) is 5.91 Å². The maximum atomic E-state index is 10.9. The molecule has 18 heavy (non-hydrogen) atoms. The van der Waals surface area contributed by atoms with Crippen LogP contribution in [0.4, 0.5) is 5.69 Å². The summed E-state index contributed by atoms with van der Waals surface area (Å²) in [6.45, 7) is 3.58. The Morgan fingerprint density at radius 3 is 2.56 bits per heavy atom. The monoisotopic (exact) mass is 253 g/mol. The molecule has 0 saturated heterocycles. The Labute approximate surface area is 104 Å². The average molecular weight is 253 g/mol. The van der Waals surface area contributed by atoms with E-state index in [9.17, 15) is 14.9 Å². The molecule has 1 aromatic carbocycles. The second-order valence-electron chi connectivity index (χ2n) is 4.58. The van der Waals surface area contributed by atoms with Gasteiger partial charge in [0, 0.05) is 17.2 Å². The van der Waals surface area contributed by atoms with Gasteiger partial charge in [0.15, 0.2) is 5.75 Å². The van der Waals surface area contributed by atoms with Crippen LogP contribution in [-0.2, 0) is 0 Å². The zero-order valence-electron chi connectivity index (χ0n) is 10.2. The Balaban J connectivity index is 3.05. The van der Waals surface area contributed by atoms with Gasteiger partial charge in [-0.15, -0.1) is 0 Å². The molecule has 0 spiro atoms. The van der Waals surface area contributed by atoms with Gasteiger partial charge >= 0.3 is 5.69 Å². The number of ether oxygens (including phenoxy) is 1. The number of carbonyl (C=O) groups is 1. The highest BCUT2D eigenvalue weighted by molar-refractivity contribution is 5.93. The normalized spacial score (nSPS) is 11.1. The first kappa shape index (κ1) is 13.9. The van der Waals surface area contributed by atoms with Crippen molar-refractivity contribution in [3.63, 3.8) is 0 Å². The van der Waals surface area contributed by atoms with Crippen molar-refractivity contribution in [2.75, 3.05) is 6.61 Å². The summed E-state index contributed by atoms with van der Waals surface area (Å²) >= 11 is 0. The summed E-state index contributed by atoms with van der Waals surface area (Å²) in [5.41, 5.74) is 9.90. The van der Waals surface area contributed by atoms with Crippen molar-refractivity contribution >= 4 is 11.6 Å². The van der Waals surface area contributed by atoms with Crippen LogP contribution in [0.1, 0.15) is 24.2 Å². The summed E-state index contributed by atoms with van der Waals surface area (Å²) in [7, 11) is 0. The second kappa shape index (κ2) is 5.01. The van der Waals surface area contributed by atoms with Gasteiger partial charge in [0.1, 0.15) is 6.61 Å². The number of nitro groups is 1. The lowest BCUT2D eigenvalue weighted by atomic mass is 10.1. The zero-order valence-corrected chi connectivity index (χ0v) is 10.2. The topological polar surface area (TPSA) is 121 Å². The molecule has 1 rings (SSSR count). The molecule has 1 aromatic rings. The molecule has 0 atom stereocenters. The molecule has 7 nitrogen and oxygen atoms in total. The molecular weight excluding hydrogens is 238 g/mol. The SMILES string of the molecule is CC(C)(N)COc1ccc(C(N)=O)cc1[N+](=O)[O-]. The van der Waals surface area contributed by atoms with E-state index >= 15 is 0 Å². The van der Waals surface area contributed by atoms with E-state index in [0.29, 0.717) is 0 Å². The first-order chi connectivity index (χ1) is 8.20. The van der Waals surface area contributed by atoms with Crippen LogP contribution in [0.25, 0.3) is 0 Å². The first-order valence-electron chi connectivity index (χ1n) is 5.20. The first-order valence-corrected chi connectivity index (χ1v) is 5.20. The summed E-state index contributed by atoms with van der Waals surface area (Å²) in [4.78, 5) is 21.2. The highest BCUT2D eigenvalue weighted by Gasteiger charge is 2.20. The van der Waals surface area contributed by atoms with Gasteiger partial charge in [0.25, 0.3) is 0 Å². The van der Waals surface area contributed by atoms with Crippen LogP contribution in [0, 0.1) is 10.1 Å². The van der Waals surface area contributed by atoms with Crippen LogP contribution in [0.5, 0.6) is 5.75 Å². The van der Waals surface area contributed by atoms with E-state index in [1.807, 2.05) is 0 Å². The molecule has 0 unspecified atom stereocenters. The maximum absolute atomic E-state index is 10.9. The van der Waals surface area contributed by atoms with Crippen molar-refractivity contribution < 1.29 is 14.5 Å². The minimum Gasteiger partial charge on any atom is -0.485 e. The largest absolute Gasteiger partial charge is 0.485 e. The fourth-order valence-electron chi connectivity index (χ4n) is 1.20. The number of nitrogens with zero attached hydrogens (tertiary/aromatic N) is 1. The predicted molar refractivity (Wildman–Crippen MR) is 65.4 cm³/mol. The Bertz CT molecular complexity index is 480. The average Bonchev–Trinajstić information content (AvgIpc) is 2.24. The van der Waals surface area contributed by atoms with E-state index < -0.39 is 16.4 Å². The number of hydrogen-bond donors (Lipinski definition) is 2. The molecule has 0 aliphatic carbocycles. The third-order valence-electron chi connectivity index (χ3n) is 2.04. The molecular formula is C11H15N3O4. The summed E-state index contributed by atoms with van der Waals surface area (Å²) in [6.07, 6.45) is 0. The van der Waals surface area contributed by atoms with Crippen molar-refractivity contribution in [1.29, 1.82) is 0 Å². The summed E-state index contributed by atoms with van der Waals surface area (Å²) < 4.78 is 5.28. The molecule has 0 saturated carbocycles. The van der Waals surface area contributed by atoms with Gasteiger partial charge in [-0.05, 0) is 26.0 Å². The third-order valence-corrected chi connectivity index (χ3v) is 2.04. The van der Waals surface area contributed by atoms with Gasteiger partial charge < -0.3 is 16.2 Å². The molecule has 0 heterocycles. The van der Waals surface area contributed by atoms with Gasteiger partial charge in [-0.1, -0.05) is 0 Å². The van der Waals surface area contributed by atoms with E-state index in [1.165, 1.54) is 12.1 Å². The van der Waals surface area contributed by atoms with E-state index in [2.05, 4.69) is 0 Å². The number of primary amides is 1. The van der Waals surface area contributed by atoms with Crippen LogP contribution in [0.15, 0.2) is 18.2 Å². The third kappa shape index (κ3) is 3.70. The molecule has 4 N–H and O–H groups in total. The minimum absolute atomic E-state index is 0.0565. The number of rotatable bonds is 5. The van der Waals surface area contributed by atoms with Crippen molar-refractivity contribution in [1.82, 2.24) is 0 Å².